The average Bonchev–Trinajstić information content (AvgIpc) is 3.25. The summed E-state index contributed by atoms with van der Waals surface area (Å²) < 4.78 is 0. The van der Waals surface area contributed by atoms with Gasteiger partial charge >= 0.3 is 0 Å². The smallest absolute Gasteiger partial charge is 0.224 e. The van der Waals surface area contributed by atoms with Crippen LogP contribution in [0.15, 0.2) is 60.8 Å². The number of rotatable bonds is 6. The number of anilines is 1. The first-order valence-corrected chi connectivity index (χ1v) is 10.8. The first kappa shape index (κ1) is 20.5. The lowest BCUT2D eigenvalue weighted by Crippen LogP contribution is -2.52. The van der Waals surface area contributed by atoms with E-state index < -0.39 is 0 Å². The second-order valence-corrected chi connectivity index (χ2v) is 8.59. The number of H-pyrrole nitrogens is 1. The van der Waals surface area contributed by atoms with Gasteiger partial charge in [-0.25, -0.2) is 0 Å². The molecule has 0 spiro atoms. The number of benzene rings is 2. The van der Waals surface area contributed by atoms with Crippen LogP contribution in [-0.4, -0.2) is 61.5 Å². The van der Waals surface area contributed by atoms with E-state index in [4.69, 9.17) is 0 Å². The summed E-state index contributed by atoms with van der Waals surface area (Å²) in [6, 6.07) is 19.2. The molecular weight excluding hydrogens is 372 g/mol. The van der Waals surface area contributed by atoms with Crippen LogP contribution in [0.2, 0.25) is 0 Å². The molecule has 0 bridgehead atoms. The molecule has 1 aliphatic heterocycles. The van der Waals surface area contributed by atoms with Gasteiger partial charge in [0, 0.05) is 56.0 Å². The van der Waals surface area contributed by atoms with Gasteiger partial charge in [0.1, 0.15) is 0 Å². The number of aromatic nitrogens is 1. The Balaban J connectivity index is 1.35. The van der Waals surface area contributed by atoms with Crippen molar-refractivity contribution in [1.82, 2.24) is 14.8 Å². The third kappa shape index (κ3) is 3.94. The van der Waals surface area contributed by atoms with Crippen LogP contribution in [0.25, 0.3) is 10.9 Å². The van der Waals surface area contributed by atoms with Crippen molar-refractivity contribution in [2.75, 3.05) is 45.7 Å². The number of hydrogen-bond donors (Lipinski definition) is 1. The molecule has 0 atom stereocenters. The van der Waals surface area contributed by atoms with Gasteiger partial charge in [0.25, 0.3) is 0 Å². The van der Waals surface area contributed by atoms with E-state index in [0.717, 1.165) is 43.7 Å². The van der Waals surface area contributed by atoms with Crippen molar-refractivity contribution < 1.29 is 4.79 Å². The van der Waals surface area contributed by atoms with Crippen molar-refractivity contribution in [2.45, 2.75) is 24.8 Å². The Hall–Kier alpha value is -2.79. The van der Waals surface area contributed by atoms with Gasteiger partial charge in [-0.3, -0.25) is 9.69 Å². The highest BCUT2D eigenvalue weighted by Gasteiger charge is 2.39. The molecular formula is C25H32N4O. The van der Waals surface area contributed by atoms with Crippen LogP contribution in [-0.2, 0) is 10.3 Å². The van der Waals surface area contributed by atoms with E-state index >= 15 is 0 Å². The molecule has 1 aromatic heterocycles. The van der Waals surface area contributed by atoms with Crippen molar-refractivity contribution in [3.8, 4) is 0 Å². The Bertz CT molecular complexity index is 987. The minimum Gasteiger partial charge on any atom is -0.374 e. The van der Waals surface area contributed by atoms with E-state index in [9.17, 15) is 4.79 Å². The Kier molecular flexibility index (Phi) is 5.82. The molecule has 2 heterocycles. The molecule has 1 saturated heterocycles. The maximum absolute atomic E-state index is 12.9. The van der Waals surface area contributed by atoms with Gasteiger partial charge < -0.3 is 14.8 Å². The molecule has 5 heteroatoms. The summed E-state index contributed by atoms with van der Waals surface area (Å²) in [5.74, 6) is 0.253. The third-order valence-corrected chi connectivity index (χ3v) is 6.75. The number of hydrogen-bond acceptors (Lipinski definition) is 3. The van der Waals surface area contributed by atoms with Crippen LogP contribution in [0.1, 0.15) is 24.8 Å². The molecule has 4 rings (SSSR count). The second-order valence-electron chi connectivity index (χ2n) is 8.59. The summed E-state index contributed by atoms with van der Waals surface area (Å²) in [6.07, 6.45) is 4.43. The van der Waals surface area contributed by atoms with E-state index in [1.54, 1.807) is 0 Å². The zero-order chi connectivity index (χ0) is 21.1. The Morgan fingerprint density at radius 3 is 2.47 bits per heavy atom. The standard InChI is InChI=1S/C25H32N4O/c1-27(2)25(21-7-5-4-6-8-21)13-17-29(18-14-25)24(30)12-16-28(3)22-10-9-20-11-15-26-23(20)19-22/h4-11,15,19,26H,12-14,16-18H2,1-3H3. The molecule has 3 aromatic rings. The third-order valence-electron chi connectivity index (χ3n) is 6.75. The van der Waals surface area contributed by atoms with Crippen LogP contribution < -0.4 is 4.90 Å². The van der Waals surface area contributed by atoms with Gasteiger partial charge in [-0.1, -0.05) is 36.4 Å². The predicted molar refractivity (Wildman–Crippen MR) is 124 cm³/mol. The summed E-state index contributed by atoms with van der Waals surface area (Å²) in [4.78, 5) is 22.7. The van der Waals surface area contributed by atoms with Crippen LogP contribution in [0.4, 0.5) is 5.69 Å². The van der Waals surface area contributed by atoms with Crippen molar-refractivity contribution >= 4 is 22.5 Å². The maximum Gasteiger partial charge on any atom is 0.224 e. The molecule has 0 saturated carbocycles. The number of aromatic amines is 1. The average molecular weight is 405 g/mol. The molecule has 0 unspecified atom stereocenters. The summed E-state index contributed by atoms with van der Waals surface area (Å²) in [7, 11) is 6.36. The number of likely N-dealkylation sites (tertiary alicyclic amines) is 1. The lowest BCUT2D eigenvalue weighted by molar-refractivity contribution is -0.133. The van der Waals surface area contributed by atoms with Crippen LogP contribution >= 0.6 is 0 Å². The molecule has 0 radical (unpaired) electrons. The monoisotopic (exact) mass is 404 g/mol. The van der Waals surface area contributed by atoms with E-state index in [-0.39, 0.29) is 11.4 Å². The normalized spacial score (nSPS) is 16.2. The summed E-state index contributed by atoms with van der Waals surface area (Å²) in [5, 5.41) is 1.21. The SMILES string of the molecule is CN(CCC(=O)N1CCC(c2ccccc2)(N(C)C)CC1)c1ccc2cc[nH]c2c1. The molecule has 1 aliphatic rings. The van der Waals surface area contributed by atoms with E-state index in [1.807, 2.05) is 11.1 Å². The highest BCUT2D eigenvalue weighted by molar-refractivity contribution is 5.83. The summed E-state index contributed by atoms with van der Waals surface area (Å²) in [5.41, 5.74) is 3.62. The summed E-state index contributed by atoms with van der Waals surface area (Å²) in [6.45, 7) is 2.34. The number of nitrogens with one attached hydrogen (secondary N) is 1. The molecule has 1 N–H and O–H groups in total. The molecule has 2 aromatic carbocycles. The lowest BCUT2D eigenvalue weighted by atomic mass is 9.79. The number of carbonyl (C=O) groups excluding carboxylic acids is 1. The number of fused-ring (bicyclic) bond motifs is 1. The highest BCUT2D eigenvalue weighted by atomic mass is 16.2. The Labute approximate surface area is 179 Å². The van der Waals surface area contributed by atoms with Crippen molar-refractivity contribution in [2.24, 2.45) is 0 Å². The Morgan fingerprint density at radius 1 is 1.03 bits per heavy atom. The fourth-order valence-electron chi connectivity index (χ4n) is 4.69. The van der Waals surface area contributed by atoms with E-state index in [0.29, 0.717) is 6.42 Å². The van der Waals surface area contributed by atoms with Crippen molar-refractivity contribution in [3.63, 3.8) is 0 Å². The molecule has 30 heavy (non-hydrogen) atoms. The number of nitrogens with zero attached hydrogens (tertiary/aromatic N) is 3. The number of amides is 1. The van der Waals surface area contributed by atoms with Crippen molar-refractivity contribution in [1.29, 1.82) is 0 Å². The quantitative estimate of drug-likeness (QED) is 0.673. The second kappa shape index (κ2) is 8.52. The molecule has 5 nitrogen and oxygen atoms in total. The van der Waals surface area contributed by atoms with Gasteiger partial charge in [-0.05, 0) is 56.1 Å². The lowest BCUT2D eigenvalue weighted by Gasteiger charge is -2.46. The molecule has 1 amide bonds. The fraction of sp³-hybridized carbons (Fsp3) is 0.400. The topological polar surface area (TPSA) is 42.6 Å². The maximum atomic E-state index is 12.9. The van der Waals surface area contributed by atoms with E-state index in [2.05, 4.69) is 90.5 Å². The number of piperidine rings is 1. The molecule has 158 valence electrons. The van der Waals surface area contributed by atoms with E-state index in [1.165, 1.54) is 10.9 Å². The van der Waals surface area contributed by atoms with Gasteiger partial charge in [-0.2, -0.15) is 0 Å². The molecule has 1 fully saturated rings. The van der Waals surface area contributed by atoms with Gasteiger partial charge in [0.05, 0.1) is 0 Å². The van der Waals surface area contributed by atoms with Crippen LogP contribution in [0.5, 0.6) is 0 Å². The number of carbonyl (C=O) groups is 1. The minimum absolute atomic E-state index is 0.0142. The van der Waals surface area contributed by atoms with Gasteiger partial charge in [-0.15, -0.1) is 0 Å². The Morgan fingerprint density at radius 2 is 1.77 bits per heavy atom. The van der Waals surface area contributed by atoms with Crippen LogP contribution in [0.3, 0.4) is 0 Å². The first-order valence-electron chi connectivity index (χ1n) is 10.8. The van der Waals surface area contributed by atoms with Gasteiger partial charge in [0.15, 0.2) is 0 Å². The zero-order valence-electron chi connectivity index (χ0n) is 18.3. The zero-order valence-corrected chi connectivity index (χ0v) is 18.3. The largest absolute Gasteiger partial charge is 0.374 e. The predicted octanol–water partition coefficient (Wildman–Crippen LogP) is 4.07. The minimum atomic E-state index is 0.0142. The molecule has 0 aliphatic carbocycles. The highest BCUT2D eigenvalue weighted by Crippen LogP contribution is 2.37. The summed E-state index contributed by atoms with van der Waals surface area (Å²) >= 11 is 0. The fourth-order valence-corrected chi connectivity index (χ4v) is 4.69. The first-order chi connectivity index (χ1) is 14.5. The van der Waals surface area contributed by atoms with Crippen molar-refractivity contribution in [3.05, 3.63) is 66.4 Å². The van der Waals surface area contributed by atoms with Gasteiger partial charge in [0.2, 0.25) is 5.91 Å². The van der Waals surface area contributed by atoms with Crippen LogP contribution in [0, 0.1) is 0 Å².